The molecular formula is C13H21NO2. The molecule has 90 valence electrons. The third-order valence-corrected chi connectivity index (χ3v) is 6.00. The number of rotatable bonds is 3. The number of carboxylic acids is 1. The number of carbonyl (C=O) groups is 1. The van der Waals surface area contributed by atoms with Gasteiger partial charge < -0.3 is 10.8 Å². The van der Waals surface area contributed by atoms with Gasteiger partial charge in [-0.1, -0.05) is 13.3 Å². The van der Waals surface area contributed by atoms with Crippen molar-refractivity contribution in [2.75, 3.05) is 6.54 Å². The van der Waals surface area contributed by atoms with Crippen LogP contribution in [-0.4, -0.2) is 17.6 Å². The van der Waals surface area contributed by atoms with Crippen molar-refractivity contribution >= 4 is 5.97 Å². The Morgan fingerprint density at radius 3 is 2.81 bits per heavy atom. The van der Waals surface area contributed by atoms with Crippen LogP contribution in [0.2, 0.25) is 0 Å². The lowest BCUT2D eigenvalue weighted by molar-refractivity contribution is -0.189. The van der Waals surface area contributed by atoms with E-state index in [1.54, 1.807) is 0 Å². The zero-order chi connectivity index (χ0) is 11.6. The molecule has 16 heavy (non-hydrogen) atoms. The van der Waals surface area contributed by atoms with E-state index in [9.17, 15) is 4.79 Å². The molecule has 0 spiro atoms. The molecule has 0 radical (unpaired) electrons. The lowest BCUT2D eigenvalue weighted by Crippen LogP contribution is -2.64. The molecule has 0 unspecified atom stereocenters. The fraction of sp³-hybridized carbons (Fsp3) is 0.923. The van der Waals surface area contributed by atoms with Crippen LogP contribution in [-0.2, 0) is 4.79 Å². The second kappa shape index (κ2) is 3.00. The van der Waals surface area contributed by atoms with E-state index < -0.39 is 5.97 Å². The molecule has 0 heterocycles. The summed E-state index contributed by atoms with van der Waals surface area (Å²) in [5.74, 6) is 1.35. The van der Waals surface area contributed by atoms with Crippen LogP contribution in [0.1, 0.15) is 39.0 Å². The van der Waals surface area contributed by atoms with E-state index in [2.05, 4.69) is 6.92 Å². The van der Waals surface area contributed by atoms with Crippen molar-refractivity contribution in [3.8, 4) is 0 Å². The highest BCUT2D eigenvalue weighted by molar-refractivity contribution is 5.68. The van der Waals surface area contributed by atoms with Gasteiger partial charge in [0.25, 0.3) is 0 Å². The van der Waals surface area contributed by atoms with E-state index in [0.29, 0.717) is 30.2 Å². The Morgan fingerprint density at radius 1 is 1.44 bits per heavy atom. The van der Waals surface area contributed by atoms with E-state index in [4.69, 9.17) is 10.8 Å². The predicted octanol–water partition coefficient (Wildman–Crippen LogP) is 1.86. The van der Waals surface area contributed by atoms with Gasteiger partial charge in [0.1, 0.15) is 0 Å². The average Bonchev–Trinajstić information content (AvgIpc) is 2.35. The second-order valence-electron chi connectivity index (χ2n) is 6.50. The summed E-state index contributed by atoms with van der Waals surface area (Å²) in [4.78, 5) is 11.1. The van der Waals surface area contributed by atoms with Crippen molar-refractivity contribution in [3.05, 3.63) is 0 Å². The first-order valence-corrected chi connectivity index (χ1v) is 6.45. The summed E-state index contributed by atoms with van der Waals surface area (Å²) in [7, 11) is 0. The van der Waals surface area contributed by atoms with Crippen LogP contribution in [0.25, 0.3) is 0 Å². The van der Waals surface area contributed by atoms with E-state index in [1.807, 2.05) is 0 Å². The largest absolute Gasteiger partial charge is 0.481 e. The average molecular weight is 223 g/mol. The molecule has 3 aliphatic carbocycles. The molecule has 3 rings (SSSR count). The number of aliphatic carboxylic acids is 1. The molecular weight excluding hydrogens is 202 g/mol. The minimum atomic E-state index is -0.664. The first-order valence-electron chi connectivity index (χ1n) is 6.45. The Balaban J connectivity index is 1.95. The summed E-state index contributed by atoms with van der Waals surface area (Å²) >= 11 is 0. The van der Waals surface area contributed by atoms with Crippen LogP contribution < -0.4 is 5.73 Å². The quantitative estimate of drug-likeness (QED) is 0.767. The summed E-state index contributed by atoms with van der Waals surface area (Å²) in [5, 5.41) is 9.12. The molecule has 3 fully saturated rings. The van der Waals surface area contributed by atoms with Crippen LogP contribution in [0.15, 0.2) is 0 Å². The van der Waals surface area contributed by atoms with Gasteiger partial charge in [0.05, 0.1) is 6.42 Å². The van der Waals surface area contributed by atoms with Gasteiger partial charge >= 0.3 is 5.97 Å². The highest BCUT2D eigenvalue weighted by atomic mass is 16.4. The SMILES string of the molecule is C[C@@]12C[C@H]3CC[C@@H]1[C@](CN)(CC(=O)O)[C@@H]2C3. The number of fused-ring (bicyclic) bond motifs is 1. The van der Waals surface area contributed by atoms with Crippen molar-refractivity contribution in [2.45, 2.75) is 39.0 Å². The molecule has 0 aromatic heterocycles. The molecule has 0 aromatic rings. The Morgan fingerprint density at radius 2 is 2.19 bits per heavy atom. The fourth-order valence-electron chi connectivity index (χ4n) is 5.65. The van der Waals surface area contributed by atoms with Crippen molar-refractivity contribution in [2.24, 2.45) is 34.3 Å². The first kappa shape index (κ1) is 10.6. The van der Waals surface area contributed by atoms with Gasteiger partial charge in [-0.3, -0.25) is 4.79 Å². The Bertz CT molecular complexity index is 333. The smallest absolute Gasteiger partial charge is 0.303 e. The van der Waals surface area contributed by atoms with Crippen molar-refractivity contribution in [1.29, 1.82) is 0 Å². The number of hydrogen-bond acceptors (Lipinski definition) is 2. The molecule has 3 N–H and O–H groups in total. The van der Waals surface area contributed by atoms with Crippen LogP contribution in [0.3, 0.4) is 0 Å². The predicted molar refractivity (Wildman–Crippen MR) is 60.8 cm³/mol. The third-order valence-electron chi connectivity index (χ3n) is 6.00. The summed E-state index contributed by atoms with van der Waals surface area (Å²) in [6, 6.07) is 0. The highest BCUT2D eigenvalue weighted by Gasteiger charge is 2.72. The monoisotopic (exact) mass is 223 g/mol. The van der Waals surface area contributed by atoms with Gasteiger partial charge in [-0.15, -0.1) is 0 Å². The lowest BCUT2D eigenvalue weighted by Gasteiger charge is -2.66. The molecule has 2 bridgehead atoms. The maximum absolute atomic E-state index is 11.1. The number of carboxylic acid groups (broad SMARTS) is 1. The molecule has 0 saturated heterocycles. The van der Waals surface area contributed by atoms with Crippen LogP contribution in [0.5, 0.6) is 0 Å². The molecule has 3 aliphatic rings. The summed E-state index contributed by atoms with van der Waals surface area (Å²) in [6.45, 7) is 2.94. The van der Waals surface area contributed by atoms with E-state index >= 15 is 0 Å². The minimum absolute atomic E-state index is 0.0637. The molecule has 3 nitrogen and oxygen atoms in total. The van der Waals surface area contributed by atoms with E-state index in [-0.39, 0.29) is 5.41 Å². The second-order valence-corrected chi connectivity index (χ2v) is 6.50. The first-order chi connectivity index (χ1) is 7.53. The molecule has 0 aromatic carbocycles. The van der Waals surface area contributed by atoms with Crippen molar-refractivity contribution < 1.29 is 9.90 Å². The fourth-order valence-corrected chi connectivity index (χ4v) is 5.65. The molecule has 3 saturated carbocycles. The van der Waals surface area contributed by atoms with Crippen molar-refractivity contribution in [3.63, 3.8) is 0 Å². The maximum atomic E-state index is 11.1. The van der Waals surface area contributed by atoms with Crippen LogP contribution in [0.4, 0.5) is 0 Å². The molecule has 0 amide bonds. The van der Waals surface area contributed by atoms with E-state index in [0.717, 1.165) is 5.92 Å². The zero-order valence-corrected chi connectivity index (χ0v) is 9.91. The highest BCUT2D eigenvalue weighted by Crippen LogP contribution is 2.76. The van der Waals surface area contributed by atoms with Crippen LogP contribution >= 0.6 is 0 Å². The van der Waals surface area contributed by atoms with Gasteiger partial charge in [-0.05, 0) is 54.4 Å². The van der Waals surface area contributed by atoms with Crippen LogP contribution in [0, 0.1) is 28.6 Å². The summed E-state index contributed by atoms with van der Waals surface area (Å²) in [5.41, 5.74) is 6.32. The molecule has 0 aliphatic heterocycles. The van der Waals surface area contributed by atoms with Gasteiger partial charge in [-0.25, -0.2) is 0 Å². The molecule has 3 heteroatoms. The van der Waals surface area contributed by atoms with Gasteiger partial charge in [-0.2, -0.15) is 0 Å². The minimum Gasteiger partial charge on any atom is -0.481 e. The number of nitrogens with two attached hydrogens (primary N) is 1. The van der Waals surface area contributed by atoms with E-state index in [1.165, 1.54) is 25.7 Å². The van der Waals surface area contributed by atoms with Crippen molar-refractivity contribution in [1.82, 2.24) is 0 Å². The maximum Gasteiger partial charge on any atom is 0.303 e. The van der Waals surface area contributed by atoms with Gasteiger partial charge in [0.2, 0.25) is 0 Å². The zero-order valence-electron chi connectivity index (χ0n) is 9.91. The molecule has 5 atom stereocenters. The Hall–Kier alpha value is -0.570. The summed E-state index contributed by atoms with van der Waals surface area (Å²) in [6.07, 6.45) is 5.36. The normalized spacial score (nSPS) is 53.5. The Kier molecular flexibility index (Phi) is 1.99. The third kappa shape index (κ3) is 1.01. The number of hydrogen-bond donors (Lipinski definition) is 2. The van der Waals surface area contributed by atoms with Gasteiger partial charge in [0.15, 0.2) is 0 Å². The van der Waals surface area contributed by atoms with Gasteiger partial charge in [0, 0.05) is 0 Å². The topological polar surface area (TPSA) is 63.3 Å². The lowest BCUT2D eigenvalue weighted by atomic mass is 9.38. The summed E-state index contributed by atoms with van der Waals surface area (Å²) < 4.78 is 0. The Labute approximate surface area is 96.4 Å². The standard InChI is InChI=1S/C13H21NO2/c1-12-5-8-2-3-9(12)13(7-14,6-11(15)16)10(12)4-8/h8-10H,2-7,14H2,1H3,(H,15,16)/t8-,9-,10+,12+,13+/m0/s1.